The van der Waals surface area contributed by atoms with Crippen LogP contribution in [0.5, 0.6) is 5.75 Å². The zero-order valence-corrected chi connectivity index (χ0v) is 15.8. The predicted molar refractivity (Wildman–Crippen MR) is 110 cm³/mol. The number of benzene rings is 2. The molecule has 0 aliphatic rings. The number of fused-ring (bicyclic) bond motifs is 4. The molecule has 0 atom stereocenters. The summed E-state index contributed by atoms with van der Waals surface area (Å²) in [5, 5.41) is 5.11. The van der Waals surface area contributed by atoms with E-state index in [0.717, 1.165) is 38.8 Å². The number of hydrogen-bond acceptors (Lipinski definition) is 4. The highest BCUT2D eigenvalue weighted by Gasteiger charge is 2.20. The number of hydrogen-bond donors (Lipinski definition) is 1. The quantitative estimate of drug-likeness (QED) is 0.489. The number of pyridine rings is 1. The molecule has 140 valence electrons. The van der Waals surface area contributed by atoms with Gasteiger partial charge in [0.25, 0.3) is 0 Å². The van der Waals surface area contributed by atoms with E-state index >= 15 is 0 Å². The van der Waals surface area contributed by atoms with E-state index in [1.165, 1.54) is 6.07 Å². The van der Waals surface area contributed by atoms with Gasteiger partial charge < -0.3 is 14.3 Å². The maximum Gasteiger partial charge on any atom is 0.182 e. The molecule has 5 rings (SSSR count). The van der Waals surface area contributed by atoms with Gasteiger partial charge in [-0.2, -0.15) is 0 Å². The van der Waals surface area contributed by atoms with Crippen LogP contribution in [-0.2, 0) is 0 Å². The first-order valence-electron chi connectivity index (χ1n) is 9.17. The van der Waals surface area contributed by atoms with Crippen LogP contribution in [0.2, 0.25) is 0 Å². The fourth-order valence-corrected chi connectivity index (χ4v) is 3.70. The van der Waals surface area contributed by atoms with Gasteiger partial charge in [-0.15, -0.1) is 0 Å². The Bertz CT molecular complexity index is 1390. The molecule has 0 saturated heterocycles. The number of nitrogens with zero attached hydrogens (tertiary/aromatic N) is 2. The van der Waals surface area contributed by atoms with E-state index in [2.05, 4.69) is 18.9 Å². The number of ether oxygens (including phenoxy) is 1. The summed E-state index contributed by atoms with van der Waals surface area (Å²) in [6.07, 6.45) is 1.95. The molecule has 0 saturated carbocycles. The van der Waals surface area contributed by atoms with E-state index < -0.39 is 0 Å². The maximum absolute atomic E-state index is 11.8. The van der Waals surface area contributed by atoms with Crippen molar-refractivity contribution in [3.05, 3.63) is 58.9 Å². The van der Waals surface area contributed by atoms with Crippen molar-refractivity contribution in [2.24, 2.45) is 0 Å². The molecule has 5 aromatic rings. The van der Waals surface area contributed by atoms with Crippen molar-refractivity contribution in [1.82, 2.24) is 14.8 Å². The molecule has 0 unspecified atom stereocenters. The molecule has 2 aromatic carbocycles. The third-order valence-electron chi connectivity index (χ3n) is 5.06. The van der Waals surface area contributed by atoms with Gasteiger partial charge in [-0.1, -0.05) is 12.1 Å². The molecule has 0 bridgehead atoms. The molecule has 6 heteroatoms. The second kappa shape index (κ2) is 5.99. The van der Waals surface area contributed by atoms with E-state index in [0.29, 0.717) is 11.2 Å². The lowest BCUT2D eigenvalue weighted by Crippen LogP contribution is -2.03. The van der Waals surface area contributed by atoms with Gasteiger partial charge in [-0.05, 0) is 43.7 Å². The Morgan fingerprint density at radius 3 is 2.61 bits per heavy atom. The summed E-state index contributed by atoms with van der Waals surface area (Å²) in [4.78, 5) is 16.7. The van der Waals surface area contributed by atoms with Crippen molar-refractivity contribution in [2.75, 3.05) is 7.11 Å². The Morgan fingerprint density at radius 2 is 1.89 bits per heavy atom. The SMILES string of the molecule is COc1ccc(-c2c3c[nH]n(C(C)C)c3nc3c2oc2cc(=O)ccc23)cc1. The van der Waals surface area contributed by atoms with E-state index in [1.54, 1.807) is 19.2 Å². The summed E-state index contributed by atoms with van der Waals surface area (Å²) >= 11 is 0. The average molecular weight is 373 g/mol. The minimum absolute atomic E-state index is 0.0814. The summed E-state index contributed by atoms with van der Waals surface area (Å²) in [5.74, 6) is 0.789. The molecule has 0 radical (unpaired) electrons. The van der Waals surface area contributed by atoms with Gasteiger partial charge in [0.1, 0.15) is 16.8 Å². The zero-order valence-electron chi connectivity index (χ0n) is 15.8. The highest BCUT2D eigenvalue weighted by Crippen LogP contribution is 2.39. The Hall–Kier alpha value is -3.54. The first kappa shape index (κ1) is 16.6. The molecular weight excluding hydrogens is 354 g/mol. The van der Waals surface area contributed by atoms with Crippen molar-refractivity contribution >= 4 is 33.1 Å². The Morgan fingerprint density at radius 1 is 1.11 bits per heavy atom. The largest absolute Gasteiger partial charge is 0.497 e. The third-order valence-corrected chi connectivity index (χ3v) is 5.06. The van der Waals surface area contributed by atoms with Crippen LogP contribution >= 0.6 is 0 Å². The average Bonchev–Trinajstić information content (AvgIpc) is 3.27. The summed E-state index contributed by atoms with van der Waals surface area (Å²) in [6.45, 7) is 4.21. The standard InChI is InChI=1S/C22H19N3O3/c1-12(2)25-22-17(11-23-25)19(13-4-7-15(27-3)8-5-13)21-20(24-22)16-9-6-14(26)10-18(16)28-21/h4-12,23H,1-3H3. The lowest BCUT2D eigenvalue weighted by Gasteiger charge is -2.10. The first-order valence-corrected chi connectivity index (χ1v) is 9.17. The van der Waals surface area contributed by atoms with Crippen LogP contribution in [-0.4, -0.2) is 21.9 Å². The second-order valence-corrected chi connectivity index (χ2v) is 7.13. The lowest BCUT2D eigenvalue weighted by atomic mass is 10.0. The van der Waals surface area contributed by atoms with Crippen molar-refractivity contribution in [3.63, 3.8) is 0 Å². The molecule has 1 N–H and O–H groups in total. The van der Waals surface area contributed by atoms with E-state index in [1.807, 2.05) is 35.1 Å². The van der Waals surface area contributed by atoms with Crippen LogP contribution in [0.1, 0.15) is 19.9 Å². The maximum atomic E-state index is 11.8. The highest BCUT2D eigenvalue weighted by molar-refractivity contribution is 6.14. The zero-order chi connectivity index (χ0) is 19.4. The fraction of sp³-hybridized carbons (Fsp3) is 0.182. The van der Waals surface area contributed by atoms with Gasteiger partial charge in [0.15, 0.2) is 16.7 Å². The topological polar surface area (TPSA) is 73.1 Å². The van der Waals surface area contributed by atoms with E-state index in [-0.39, 0.29) is 11.5 Å². The van der Waals surface area contributed by atoms with Crippen LogP contribution < -0.4 is 10.2 Å². The molecule has 3 aromatic heterocycles. The van der Waals surface area contributed by atoms with E-state index in [9.17, 15) is 4.79 Å². The number of H-pyrrole nitrogens is 1. The second-order valence-electron chi connectivity index (χ2n) is 7.13. The molecule has 0 aliphatic carbocycles. The Labute approximate surface area is 160 Å². The van der Waals surface area contributed by atoms with Crippen molar-refractivity contribution < 1.29 is 9.15 Å². The van der Waals surface area contributed by atoms with Crippen molar-refractivity contribution in [1.29, 1.82) is 0 Å². The van der Waals surface area contributed by atoms with E-state index in [4.69, 9.17) is 14.1 Å². The Kier molecular flexibility index (Phi) is 3.55. The third kappa shape index (κ3) is 2.34. The minimum Gasteiger partial charge on any atom is -0.497 e. The smallest absolute Gasteiger partial charge is 0.182 e. The molecular formula is C22H19N3O3. The fourth-order valence-electron chi connectivity index (χ4n) is 3.70. The van der Waals surface area contributed by atoms with Crippen LogP contribution in [0.25, 0.3) is 44.2 Å². The molecule has 0 amide bonds. The number of aromatic amines is 1. The lowest BCUT2D eigenvalue weighted by molar-refractivity contribution is 0.415. The molecule has 3 heterocycles. The van der Waals surface area contributed by atoms with Crippen LogP contribution in [0.15, 0.2) is 57.9 Å². The molecule has 28 heavy (non-hydrogen) atoms. The number of aromatic nitrogens is 3. The first-order chi connectivity index (χ1) is 13.6. The minimum atomic E-state index is -0.0814. The van der Waals surface area contributed by atoms with Crippen LogP contribution in [0, 0.1) is 0 Å². The van der Waals surface area contributed by atoms with Gasteiger partial charge in [-0.3, -0.25) is 9.48 Å². The summed E-state index contributed by atoms with van der Waals surface area (Å²) in [6, 6.07) is 12.9. The number of rotatable bonds is 3. The van der Waals surface area contributed by atoms with Crippen LogP contribution in [0.4, 0.5) is 0 Å². The molecule has 0 fully saturated rings. The molecule has 6 nitrogen and oxygen atoms in total. The number of nitrogens with one attached hydrogen (secondary N) is 1. The Balaban J connectivity index is 1.95. The van der Waals surface area contributed by atoms with Gasteiger partial charge in [-0.25, -0.2) is 4.98 Å². The normalized spacial score (nSPS) is 11.9. The predicted octanol–water partition coefficient (Wildman–Crippen LogP) is 4.88. The number of methoxy groups -OCH3 is 1. The molecule has 0 spiro atoms. The van der Waals surface area contributed by atoms with Gasteiger partial charge in [0.2, 0.25) is 0 Å². The summed E-state index contributed by atoms with van der Waals surface area (Å²) in [5.41, 5.74) is 4.69. The summed E-state index contributed by atoms with van der Waals surface area (Å²) < 4.78 is 13.5. The summed E-state index contributed by atoms with van der Waals surface area (Å²) in [7, 11) is 1.65. The molecule has 0 aliphatic heterocycles. The monoisotopic (exact) mass is 373 g/mol. The van der Waals surface area contributed by atoms with Gasteiger partial charge in [0.05, 0.1) is 7.11 Å². The van der Waals surface area contributed by atoms with Crippen molar-refractivity contribution in [3.8, 4) is 16.9 Å². The highest BCUT2D eigenvalue weighted by atomic mass is 16.5. The van der Waals surface area contributed by atoms with Crippen LogP contribution in [0.3, 0.4) is 0 Å². The van der Waals surface area contributed by atoms with Gasteiger partial charge >= 0.3 is 0 Å². The number of furan rings is 1. The van der Waals surface area contributed by atoms with Crippen molar-refractivity contribution in [2.45, 2.75) is 19.9 Å². The van der Waals surface area contributed by atoms with Gasteiger partial charge in [0, 0.05) is 34.6 Å².